The molecule has 3 heteroatoms. The van der Waals surface area contributed by atoms with Crippen molar-refractivity contribution < 1.29 is 0 Å². The van der Waals surface area contributed by atoms with Gasteiger partial charge in [-0.05, 0) is 48.9 Å². The van der Waals surface area contributed by atoms with E-state index in [-0.39, 0.29) is 0 Å². The predicted octanol–water partition coefficient (Wildman–Crippen LogP) is 6.10. The molecule has 0 saturated heterocycles. The third kappa shape index (κ3) is 4.51. The second kappa shape index (κ2) is 7.49. The molecular weight excluding hydrogens is 355 g/mol. The van der Waals surface area contributed by atoms with Crippen LogP contribution in [0.3, 0.4) is 0 Å². The van der Waals surface area contributed by atoms with Crippen molar-refractivity contribution in [3.05, 3.63) is 69.2 Å². The van der Waals surface area contributed by atoms with Crippen LogP contribution >= 0.6 is 39.1 Å². The number of hydrogen-bond acceptors (Lipinski definition) is 0. The van der Waals surface area contributed by atoms with E-state index in [0.717, 1.165) is 28.8 Å². The van der Waals surface area contributed by atoms with Crippen LogP contribution in [0.25, 0.3) is 0 Å². The lowest BCUT2D eigenvalue weighted by atomic mass is 9.94. The Balaban J connectivity index is 2.07. The largest absolute Gasteiger partial charge is 0.0925 e. The summed E-state index contributed by atoms with van der Waals surface area (Å²) >= 11 is 15.8. The Morgan fingerprint density at radius 1 is 1.00 bits per heavy atom. The zero-order valence-corrected chi connectivity index (χ0v) is 14.5. The first-order valence-corrected chi connectivity index (χ1v) is 8.51. The Labute approximate surface area is 139 Å². The molecule has 0 heterocycles. The van der Waals surface area contributed by atoms with Crippen LogP contribution in [0.15, 0.2) is 42.5 Å². The molecule has 0 aromatic heterocycles. The zero-order valence-electron chi connectivity index (χ0n) is 11.4. The third-order valence-electron chi connectivity index (χ3n) is 3.39. The lowest BCUT2D eigenvalue weighted by Gasteiger charge is -2.15. The van der Waals surface area contributed by atoms with E-state index in [1.165, 1.54) is 11.1 Å². The SMILES string of the molecule is Cc1ccc(CC(CBr)Cc2ccc(Cl)cc2Cl)cc1. The minimum absolute atomic E-state index is 0.524. The van der Waals surface area contributed by atoms with Gasteiger partial charge in [-0.1, -0.05) is 75.0 Å². The van der Waals surface area contributed by atoms with Crippen LogP contribution in [-0.4, -0.2) is 5.33 Å². The lowest BCUT2D eigenvalue weighted by molar-refractivity contribution is 0.591. The molecule has 0 nitrogen and oxygen atoms in total. The first kappa shape index (κ1) is 15.9. The highest BCUT2D eigenvalue weighted by molar-refractivity contribution is 9.09. The van der Waals surface area contributed by atoms with Gasteiger partial charge in [-0.3, -0.25) is 0 Å². The normalized spacial score (nSPS) is 12.4. The van der Waals surface area contributed by atoms with E-state index in [1.807, 2.05) is 18.2 Å². The summed E-state index contributed by atoms with van der Waals surface area (Å²) in [4.78, 5) is 0. The summed E-state index contributed by atoms with van der Waals surface area (Å²) in [5.41, 5.74) is 3.82. The molecule has 2 aromatic carbocycles. The zero-order chi connectivity index (χ0) is 14.5. The average Bonchev–Trinajstić information content (AvgIpc) is 2.43. The fraction of sp³-hybridized carbons (Fsp3) is 0.294. The van der Waals surface area contributed by atoms with Crippen molar-refractivity contribution in [3.8, 4) is 0 Å². The smallest absolute Gasteiger partial charge is 0.0452 e. The minimum Gasteiger partial charge on any atom is -0.0925 e. The molecule has 1 unspecified atom stereocenters. The molecule has 0 aliphatic rings. The predicted molar refractivity (Wildman–Crippen MR) is 92.3 cm³/mol. The van der Waals surface area contributed by atoms with Gasteiger partial charge >= 0.3 is 0 Å². The molecule has 0 aliphatic carbocycles. The number of halogens is 3. The Bertz CT molecular complexity index is 564. The van der Waals surface area contributed by atoms with Gasteiger partial charge < -0.3 is 0 Å². The maximum absolute atomic E-state index is 6.25. The molecule has 0 fully saturated rings. The quantitative estimate of drug-likeness (QED) is 0.557. The molecule has 0 aliphatic heterocycles. The highest BCUT2D eigenvalue weighted by Gasteiger charge is 2.12. The summed E-state index contributed by atoms with van der Waals surface area (Å²) < 4.78 is 0. The van der Waals surface area contributed by atoms with Gasteiger partial charge in [-0.2, -0.15) is 0 Å². The van der Waals surface area contributed by atoms with Gasteiger partial charge in [0, 0.05) is 15.4 Å². The van der Waals surface area contributed by atoms with Crippen molar-refractivity contribution in [1.82, 2.24) is 0 Å². The first-order chi connectivity index (χ1) is 9.58. The second-order valence-electron chi connectivity index (χ2n) is 5.15. The van der Waals surface area contributed by atoms with Crippen molar-refractivity contribution >= 4 is 39.1 Å². The summed E-state index contributed by atoms with van der Waals surface area (Å²) in [5, 5.41) is 2.40. The topological polar surface area (TPSA) is 0 Å². The van der Waals surface area contributed by atoms with Crippen LogP contribution in [-0.2, 0) is 12.8 Å². The summed E-state index contributed by atoms with van der Waals surface area (Å²) in [6.45, 7) is 2.11. The van der Waals surface area contributed by atoms with E-state index in [9.17, 15) is 0 Å². The molecular formula is C17H17BrCl2. The van der Waals surface area contributed by atoms with Gasteiger partial charge in [0.2, 0.25) is 0 Å². The fourth-order valence-electron chi connectivity index (χ4n) is 2.24. The van der Waals surface area contributed by atoms with Gasteiger partial charge in [0.25, 0.3) is 0 Å². The van der Waals surface area contributed by atoms with Gasteiger partial charge in [0.15, 0.2) is 0 Å². The summed E-state index contributed by atoms with van der Waals surface area (Å²) in [7, 11) is 0. The maximum Gasteiger partial charge on any atom is 0.0452 e. The summed E-state index contributed by atoms with van der Waals surface area (Å²) in [6.07, 6.45) is 2.00. The van der Waals surface area contributed by atoms with Crippen molar-refractivity contribution in [2.24, 2.45) is 5.92 Å². The van der Waals surface area contributed by atoms with Crippen LogP contribution in [0.4, 0.5) is 0 Å². The number of hydrogen-bond donors (Lipinski definition) is 0. The number of rotatable bonds is 5. The molecule has 1 atom stereocenters. The fourth-order valence-corrected chi connectivity index (χ4v) is 3.18. The second-order valence-corrected chi connectivity index (χ2v) is 6.64. The van der Waals surface area contributed by atoms with E-state index in [2.05, 4.69) is 47.1 Å². The van der Waals surface area contributed by atoms with Crippen molar-refractivity contribution in [1.29, 1.82) is 0 Å². The highest BCUT2D eigenvalue weighted by atomic mass is 79.9. The number of benzene rings is 2. The highest BCUT2D eigenvalue weighted by Crippen LogP contribution is 2.25. The van der Waals surface area contributed by atoms with E-state index in [4.69, 9.17) is 23.2 Å². The van der Waals surface area contributed by atoms with E-state index < -0.39 is 0 Å². The lowest BCUT2D eigenvalue weighted by Crippen LogP contribution is -2.10. The van der Waals surface area contributed by atoms with Gasteiger partial charge in [0.1, 0.15) is 0 Å². The average molecular weight is 372 g/mol. The number of alkyl halides is 1. The molecule has 2 aromatic rings. The molecule has 20 heavy (non-hydrogen) atoms. The molecule has 0 N–H and O–H groups in total. The van der Waals surface area contributed by atoms with Crippen LogP contribution in [0, 0.1) is 12.8 Å². The Morgan fingerprint density at radius 3 is 2.30 bits per heavy atom. The van der Waals surface area contributed by atoms with E-state index in [1.54, 1.807) is 0 Å². The van der Waals surface area contributed by atoms with Crippen LogP contribution in [0.2, 0.25) is 10.0 Å². The molecule has 0 amide bonds. The standard InChI is InChI=1S/C17H17BrCl2/c1-12-2-4-13(5-3-12)8-14(11-18)9-15-6-7-16(19)10-17(15)20/h2-7,10,14H,8-9,11H2,1H3. The maximum atomic E-state index is 6.25. The van der Waals surface area contributed by atoms with Crippen molar-refractivity contribution in [2.45, 2.75) is 19.8 Å². The van der Waals surface area contributed by atoms with Crippen LogP contribution in [0.1, 0.15) is 16.7 Å². The molecule has 0 saturated carbocycles. The monoisotopic (exact) mass is 370 g/mol. The van der Waals surface area contributed by atoms with Crippen molar-refractivity contribution in [2.75, 3.05) is 5.33 Å². The number of aryl methyl sites for hydroxylation is 1. The molecule has 2 rings (SSSR count). The molecule has 0 radical (unpaired) electrons. The van der Waals surface area contributed by atoms with Gasteiger partial charge in [-0.25, -0.2) is 0 Å². The van der Waals surface area contributed by atoms with Crippen LogP contribution in [0.5, 0.6) is 0 Å². The Kier molecular flexibility index (Phi) is 5.95. The van der Waals surface area contributed by atoms with Crippen molar-refractivity contribution in [3.63, 3.8) is 0 Å². The third-order valence-corrected chi connectivity index (χ3v) is 4.89. The Hall–Kier alpha value is -0.500. The van der Waals surface area contributed by atoms with Gasteiger partial charge in [-0.15, -0.1) is 0 Å². The summed E-state index contributed by atoms with van der Waals surface area (Å²) in [6, 6.07) is 14.5. The van der Waals surface area contributed by atoms with Gasteiger partial charge in [0.05, 0.1) is 0 Å². The summed E-state index contributed by atoms with van der Waals surface area (Å²) in [5.74, 6) is 0.524. The molecule has 0 bridgehead atoms. The first-order valence-electron chi connectivity index (χ1n) is 6.64. The van der Waals surface area contributed by atoms with Crippen LogP contribution < -0.4 is 0 Å². The molecule has 106 valence electrons. The Morgan fingerprint density at radius 2 is 1.70 bits per heavy atom. The minimum atomic E-state index is 0.524. The molecule has 0 spiro atoms. The van der Waals surface area contributed by atoms with E-state index in [0.29, 0.717) is 10.9 Å². The van der Waals surface area contributed by atoms with E-state index >= 15 is 0 Å².